The molecule has 0 saturated carbocycles. The lowest BCUT2D eigenvalue weighted by molar-refractivity contribution is -0.142. The van der Waals surface area contributed by atoms with Crippen molar-refractivity contribution in [2.24, 2.45) is 33.8 Å². The quantitative estimate of drug-likeness (QED) is 0.0511. The average molecular weight is 553 g/mol. The van der Waals surface area contributed by atoms with Crippen molar-refractivity contribution in [2.45, 2.75) is 76.5 Å². The summed E-state index contributed by atoms with van der Waals surface area (Å²) in [5, 5.41) is 17.0. The Kier molecular flexibility index (Phi) is 14.0. The number of imidazole rings is 1. The number of carboxylic acid groups (broad SMARTS) is 1. The van der Waals surface area contributed by atoms with E-state index in [0.717, 1.165) is 0 Å². The van der Waals surface area contributed by atoms with Gasteiger partial charge in [-0.25, -0.2) is 9.78 Å². The third-order valence-corrected chi connectivity index (χ3v) is 6.04. The number of carbonyl (C=O) groups excluding carboxylic acids is 4. The van der Waals surface area contributed by atoms with E-state index in [9.17, 15) is 29.1 Å². The Bertz CT molecular complexity index is 996. The van der Waals surface area contributed by atoms with Crippen molar-refractivity contribution in [3.63, 3.8) is 0 Å². The molecule has 1 aromatic rings. The van der Waals surface area contributed by atoms with E-state index in [1.165, 1.54) is 12.5 Å². The van der Waals surface area contributed by atoms with Crippen molar-refractivity contribution in [1.29, 1.82) is 0 Å². The van der Waals surface area contributed by atoms with Gasteiger partial charge in [0.15, 0.2) is 5.96 Å². The fourth-order valence-corrected chi connectivity index (χ4v) is 3.47. The van der Waals surface area contributed by atoms with Gasteiger partial charge in [-0.15, -0.1) is 0 Å². The zero-order valence-corrected chi connectivity index (χ0v) is 22.2. The Morgan fingerprint density at radius 3 is 2.15 bits per heavy atom. The summed E-state index contributed by atoms with van der Waals surface area (Å²) in [6.45, 7) is 3.83. The van der Waals surface area contributed by atoms with Crippen LogP contribution in [-0.2, 0) is 30.4 Å². The van der Waals surface area contributed by atoms with Gasteiger partial charge in [0.2, 0.25) is 23.6 Å². The number of carboxylic acids is 1. The Labute approximate surface area is 226 Å². The fraction of sp³-hybridized carbons (Fsp3) is 0.609. The molecule has 0 bridgehead atoms. The van der Waals surface area contributed by atoms with Gasteiger partial charge in [0.1, 0.15) is 18.1 Å². The standard InChI is InChI=1S/C23H40N10O6/c1-3-12(2)18(25)21(37)33-16(9-13-10-28-11-30-13)20(36)31-14(5-4-8-29-23(26)27)19(35)32-15(22(38)39)6-7-17(24)34/h10-12,14-16,18H,3-9,25H2,1-2H3,(H2,24,34)(H,28,30)(H,31,36)(H,32,35)(H,33,37)(H,38,39)(H4,26,27,29). The van der Waals surface area contributed by atoms with Crippen molar-refractivity contribution in [3.05, 3.63) is 18.2 Å². The average Bonchev–Trinajstić information content (AvgIpc) is 3.39. The maximum absolute atomic E-state index is 13.3. The summed E-state index contributed by atoms with van der Waals surface area (Å²) in [4.78, 5) is 72.5. The Morgan fingerprint density at radius 2 is 1.62 bits per heavy atom. The molecular weight excluding hydrogens is 512 g/mol. The van der Waals surface area contributed by atoms with Crippen LogP contribution in [0.5, 0.6) is 0 Å². The molecule has 1 heterocycles. The van der Waals surface area contributed by atoms with Crippen LogP contribution in [0.2, 0.25) is 0 Å². The number of rotatable bonds is 18. The lowest BCUT2D eigenvalue weighted by Gasteiger charge is -2.26. The normalized spacial score (nSPS) is 14.6. The van der Waals surface area contributed by atoms with Crippen LogP contribution in [0.4, 0.5) is 0 Å². The number of aromatic nitrogens is 2. The lowest BCUT2D eigenvalue weighted by atomic mass is 9.98. The number of aliphatic imine (C=N–C) groups is 1. The van der Waals surface area contributed by atoms with Gasteiger partial charge in [-0.05, 0) is 25.2 Å². The number of amides is 4. The summed E-state index contributed by atoms with van der Waals surface area (Å²) in [6.07, 6.45) is 3.34. The summed E-state index contributed by atoms with van der Waals surface area (Å²) < 4.78 is 0. The van der Waals surface area contributed by atoms with Gasteiger partial charge in [-0.1, -0.05) is 20.3 Å². The maximum atomic E-state index is 13.3. The maximum Gasteiger partial charge on any atom is 0.326 e. The molecule has 4 amide bonds. The number of aliphatic carboxylic acids is 1. The number of primary amides is 1. The molecule has 39 heavy (non-hydrogen) atoms. The zero-order chi connectivity index (χ0) is 29.5. The van der Waals surface area contributed by atoms with Crippen LogP contribution in [0.15, 0.2) is 17.5 Å². The number of carbonyl (C=O) groups is 5. The van der Waals surface area contributed by atoms with Crippen LogP contribution >= 0.6 is 0 Å². The van der Waals surface area contributed by atoms with Crippen LogP contribution in [-0.4, -0.2) is 81.3 Å². The second-order valence-corrected chi connectivity index (χ2v) is 9.17. The van der Waals surface area contributed by atoms with Gasteiger partial charge in [0.25, 0.3) is 0 Å². The summed E-state index contributed by atoms with van der Waals surface area (Å²) in [7, 11) is 0. The van der Waals surface area contributed by atoms with E-state index in [0.29, 0.717) is 12.1 Å². The highest BCUT2D eigenvalue weighted by Gasteiger charge is 2.31. The van der Waals surface area contributed by atoms with E-state index < -0.39 is 53.8 Å². The number of nitrogens with two attached hydrogens (primary N) is 4. The second kappa shape index (κ2) is 16.6. The van der Waals surface area contributed by atoms with Gasteiger partial charge in [0.05, 0.1) is 12.4 Å². The highest BCUT2D eigenvalue weighted by atomic mass is 16.4. The number of guanidine groups is 1. The van der Waals surface area contributed by atoms with Crippen molar-refractivity contribution in [2.75, 3.05) is 6.54 Å². The fourth-order valence-electron chi connectivity index (χ4n) is 3.47. The molecule has 0 aliphatic heterocycles. The molecule has 16 heteroatoms. The minimum Gasteiger partial charge on any atom is -0.480 e. The van der Waals surface area contributed by atoms with E-state index >= 15 is 0 Å². The number of H-pyrrole nitrogens is 1. The molecule has 0 saturated heterocycles. The van der Waals surface area contributed by atoms with Gasteiger partial charge >= 0.3 is 5.97 Å². The molecule has 218 valence electrons. The molecule has 1 aromatic heterocycles. The van der Waals surface area contributed by atoms with Gasteiger partial charge in [-0.3, -0.25) is 24.2 Å². The smallest absolute Gasteiger partial charge is 0.326 e. The lowest BCUT2D eigenvalue weighted by Crippen LogP contribution is -2.58. The summed E-state index contributed by atoms with van der Waals surface area (Å²) >= 11 is 0. The van der Waals surface area contributed by atoms with Crippen molar-refractivity contribution in [3.8, 4) is 0 Å². The first kappa shape index (κ1) is 32.8. The molecule has 0 aliphatic rings. The predicted octanol–water partition coefficient (Wildman–Crippen LogP) is -2.82. The minimum absolute atomic E-state index is 0.0174. The molecule has 5 unspecified atom stereocenters. The number of nitrogens with zero attached hydrogens (tertiary/aromatic N) is 2. The van der Waals surface area contributed by atoms with Gasteiger partial charge in [0, 0.05) is 31.3 Å². The highest BCUT2D eigenvalue weighted by molar-refractivity contribution is 5.94. The van der Waals surface area contributed by atoms with Crippen molar-refractivity contribution in [1.82, 2.24) is 25.9 Å². The van der Waals surface area contributed by atoms with E-state index in [-0.39, 0.29) is 50.5 Å². The first-order chi connectivity index (χ1) is 18.3. The van der Waals surface area contributed by atoms with Crippen LogP contribution < -0.4 is 38.9 Å². The Balaban J connectivity index is 3.12. The number of aromatic amines is 1. The molecule has 13 N–H and O–H groups in total. The third-order valence-electron chi connectivity index (χ3n) is 6.04. The third kappa shape index (κ3) is 12.3. The SMILES string of the molecule is CCC(C)C(N)C(=O)NC(Cc1cnc[nH]1)C(=O)NC(CCCN=C(N)N)C(=O)NC(CCC(N)=O)C(=O)O. The molecular formula is C23H40N10O6. The molecule has 5 atom stereocenters. The monoisotopic (exact) mass is 552 g/mol. The van der Waals surface area contributed by atoms with Crippen LogP contribution in [0.3, 0.4) is 0 Å². The topological polar surface area (TPSA) is 287 Å². The second-order valence-electron chi connectivity index (χ2n) is 9.17. The molecule has 0 spiro atoms. The Morgan fingerprint density at radius 1 is 1.00 bits per heavy atom. The van der Waals surface area contributed by atoms with E-state index in [2.05, 4.69) is 30.9 Å². The zero-order valence-electron chi connectivity index (χ0n) is 22.2. The Hall–Kier alpha value is -4.21. The van der Waals surface area contributed by atoms with Crippen LogP contribution in [0.25, 0.3) is 0 Å². The van der Waals surface area contributed by atoms with Crippen LogP contribution in [0.1, 0.15) is 51.6 Å². The van der Waals surface area contributed by atoms with Crippen molar-refractivity contribution >= 4 is 35.6 Å². The van der Waals surface area contributed by atoms with E-state index in [1.807, 2.05) is 13.8 Å². The number of hydrogen-bond acceptors (Lipinski definition) is 8. The highest BCUT2D eigenvalue weighted by Crippen LogP contribution is 2.08. The predicted molar refractivity (Wildman–Crippen MR) is 141 cm³/mol. The largest absolute Gasteiger partial charge is 0.480 e. The van der Waals surface area contributed by atoms with Crippen molar-refractivity contribution < 1.29 is 29.1 Å². The van der Waals surface area contributed by atoms with E-state index in [4.69, 9.17) is 22.9 Å². The summed E-state index contributed by atoms with van der Waals surface area (Å²) in [6, 6.07) is -4.64. The number of hydrogen-bond donors (Lipinski definition) is 9. The van der Waals surface area contributed by atoms with Crippen LogP contribution in [0, 0.1) is 5.92 Å². The molecule has 16 nitrogen and oxygen atoms in total. The molecule has 0 radical (unpaired) electrons. The number of nitrogens with one attached hydrogen (secondary N) is 4. The minimum atomic E-state index is -1.42. The summed E-state index contributed by atoms with van der Waals surface area (Å²) in [5.74, 6) is -4.48. The molecule has 0 aliphatic carbocycles. The van der Waals surface area contributed by atoms with Gasteiger partial charge < -0.3 is 49.0 Å². The first-order valence-electron chi connectivity index (χ1n) is 12.6. The molecule has 0 aromatic carbocycles. The summed E-state index contributed by atoms with van der Waals surface area (Å²) in [5.41, 5.74) is 22.3. The van der Waals surface area contributed by atoms with E-state index in [1.54, 1.807) is 0 Å². The van der Waals surface area contributed by atoms with Gasteiger partial charge in [-0.2, -0.15) is 0 Å². The molecule has 0 fully saturated rings. The first-order valence-corrected chi connectivity index (χ1v) is 12.6. The molecule has 1 rings (SSSR count).